The summed E-state index contributed by atoms with van der Waals surface area (Å²) in [6.07, 6.45) is 2.20. The van der Waals surface area contributed by atoms with E-state index in [0.29, 0.717) is 6.54 Å². The first-order chi connectivity index (χ1) is 5.24. The normalized spacial score (nSPS) is 25.8. The average molecular weight is 154 g/mol. The molecule has 0 aromatic heterocycles. The van der Waals surface area contributed by atoms with Gasteiger partial charge in [-0.3, -0.25) is 0 Å². The topological polar surface area (TPSA) is 35.8 Å². The SMILES string of the molecule is C=CN=C(C)N1CC[C@@H](O)C1. The van der Waals surface area contributed by atoms with Crippen molar-refractivity contribution in [3.8, 4) is 0 Å². The lowest BCUT2D eigenvalue weighted by molar-refractivity contribution is 0.188. The van der Waals surface area contributed by atoms with Gasteiger partial charge in [-0.1, -0.05) is 6.58 Å². The van der Waals surface area contributed by atoms with E-state index in [2.05, 4.69) is 16.5 Å². The summed E-state index contributed by atoms with van der Waals surface area (Å²) in [6.45, 7) is 7.06. The monoisotopic (exact) mass is 154 g/mol. The molecule has 1 heterocycles. The Labute approximate surface area is 67.0 Å². The number of aliphatic hydroxyl groups excluding tert-OH is 1. The Morgan fingerprint density at radius 1 is 1.82 bits per heavy atom. The first-order valence-corrected chi connectivity index (χ1v) is 3.82. The zero-order valence-electron chi connectivity index (χ0n) is 6.82. The molecule has 1 rings (SSSR count). The molecule has 3 heteroatoms. The number of nitrogens with zero attached hydrogens (tertiary/aromatic N) is 2. The van der Waals surface area contributed by atoms with Crippen LogP contribution in [0.4, 0.5) is 0 Å². The van der Waals surface area contributed by atoms with Gasteiger partial charge in [0.2, 0.25) is 0 Å². The van der Waals surface area contributed by atoms with Gasteiger partial charge in [-0.25, -0.2) is 4.99 Å². The van der Waals surface area contributed by atoms with Crippen LogP contribution in [0.3, 0.4) is 0 Å². The zero-order valence-corrected chi connectivity index (χ0v) is 6.82. The maximum atomic E-state index is 9.19. The molecule has 0 unspecified atom stereocenters. The number of β-amino-alcohol motifs (C(OH)–C–C–N with tert-alkyl or cyclic N) is 1. The molecule has 1 atom stereocenters. The van der Waals surface area contributed by atoms with Crippen LogP contribution in [0.25, 0.3) is 0 Å². The van der Waals surface area contributed by atoms with Crippen molar-refractivity contribution in [2.45, 2.75) is 19.4 Å². The molecule has 1 aliphatic rings. The summed E-state index contributed by atoms with van der Waals surface area (Å²) in [7, 11) is 0. The van der Waals surface area contributed by atoms with Crippen molar-refractivity contribution < 1.29 is 5.11 Å². The van der Waals surface area contributed by atoms with Crippen molar-refractivity contribution in [1.82, 2.24) is 4.90 Å². The second-order valence-electron chi connectivity index (χ2n) is 2.75. The fourth-order valence-electron chi connectivity index (χ4n) is 1.25. The standard InChI is InChI=1S/C8H14N2O/c1-3-9-7(2)10-5-4-8(11)6-10/h3,8,11H,1,4-6H2,2H3/t8-/m1/s1. The summed E-state index contributed by atoms with van der Waals surface area (Å²) in [4.78, 5) is 6.10. The summed E-state index contributed by atoms with van der Waals surface area (Å²) in [5.41, 5.74) is 0. The van der Waals surface area contributed by atoms with Gasteiger partial charge in [0.15, 0.2) is 0 Å². The lowest BCUT2D eigenvalue weighted by Gasteiger charge is -2.15. The molecule has 0 bridgehead atoms. The molecule has 0 saturated carbocycles. The van der Waals surface area contributed by atoms with Crippen LogP contribution in [0.5, 0.6) is 0 Å². The molecule has 62 valence electrons. The predicted octanol–water partition coefficient (Wildman–Crippen LogP) is 0.615. The molecular weight excluding hydrogens is 140 g/mol. The third kappa shape index (κ3) is 2.05. The van der Waals surface area contributed by atoms with Gasteiger partial charge in [-0.15, -0.1) is 0 Å². The van der Waals surface area contributed by atoms with Crippen molar-refractivity contribution in [3.05, 3.63) is 12.8 Å². The quantitative estimate of drug-likeness (QED) is 0.444. The number of amidine groups is 1. The van der Waals surface area contributed by atoms with Gasteiger partial charge in [0.1, 0.15) is 5.84 Å². The second-order valence-corrected chi connectivity index (χ2v) is 2.75. The van der Waals surface area contributed by atoms with Crippen LogP contribution in [-0.4, -0.2) is 35.0 Å². The van der Waals surface area contributed by atoms with Gasteiger partial charge >= 0.3 is 0 Å². The van der Waals surface area contributed by atoms with Crippen LogP contribution in [0.15, 0.2) is 17.8 Å². The van der Waals surface area contributed by atoms with Gasteiger partial charge < -0.3 is 10.0 Å². The second kappa shape index (κ2) is 3.53. The van der Waals surface area contributed by atoms with E-state index in [9.17, 15) is 5.11 Å². The average Bonchev–Trinajstić information content (AvgIpc) is 2.36. The Hall–Kier alpha value is -0.830. The van der Waals surface area contributed by atoms with E-state index in [-0.39, 0.29) is 6.10 Å². The molecule has 1 fully saturated rings. The smallest absolute Gasteiger partial charge is 0.101 e. The molecular formula is C8H14N2O. The van der Waals surface area contributed by atoms with E-state index in [0.717, 1.165) is 18.8 Å². The number of likely N-dealkylation sites (tertiary alicyclic amines) is 1. The highest BCUT2D eigenvalue weighted by Gasteiger charge is 2.20. The highest BCUT2D eigenvalue weighted by atomic mass is 16.3. The zero-order chi connectivity index (χ0) is 8.27. The molecule has 3 nitrogen and oxygen atoms in total. The molecule has 0 aliphatic carbocycles. The lowest BCUT2D eigenvalue weighted by atomic mass is 10.3. The van der Waals surface area contributed by atoms with Crippen LogP contribution < -0.4 is 0 Å². The van der Waals surface area contributed by atoms with E-state index in [1.54, 1.807) is 0 Å². The van der Waals surface area contributed by atoms with Gasteiger partial charge in [-0.2, -0.15) is 0 Å². The van der Waals surface area contributed by atoms with Crippen molar-refractivity contribution in [3.63, 3.8) is 0 Å². The molecule has 0 aromatic carbocycles. The minimum atomic E-state index is -0.176. The number of rotatable bonds is 1. The summed E-state index contributed by atoms with van der Waals surface area (Å²) in [5.74, 6) is 0.941. The maximum Gasteiger partial charge on any atom is 0.101 e. The summed E-state index contributed by atoms with van der Waals surface area (Å²) in [5, 5.41) is 9.19. The largest absolute Gasteiger partial charge is 0.391 e. The van der Waals surface area contributed by atoms with E-state index < -0.39 is 0 Å². The van der Waals surface area contributed by atoms with Crippen LogP contribution in [-0.2, 0) is 0 Å². The van der Waals surface area contributed by atoms with Gasteiger partial charge in [-0.05, 0) is 13.3 Å². The molecule has 1 N–H and O–H groups in total. The summed E-state index contributed by atoms with van der Waals surface area (Å²) in [6, 6.07) is 0. The summed E-state index contributed by atoms with van der Waals surface area (Å²) >= 11 is 0. The highest BCUT2D eigenvalue weighted by molar-refractivity contribution is 5.80. The van der Waals surface area contributed by atoms with Crippen molar-refractivity contribution in [2.24, 2.45) is 4.99 Å². The summed E-state index contributed by atoms with van der Waals surface area (Å²) < 4.78 is 0. The Balaban J connectivity index is 2.49. The molecule has 1 aliphatic heterocycles. The number of aliphatic imine (C=N–C) groups is 1. The fraction of sp³-hybridized carbons (Fsp3) is 0.625. The molecule has 0 radical (unpaired) electrons. The Kier molecular flexibility index (Phi) is 2.65. The number of aliphatic hydroxyl groups is 1. The van der Waals surface area contributed by atoms with Crippen LogP contribution in [0.1, 0.15) is 13.3 Å². The van der Waals surface area contributed by atoms with Crippen LogP contribution in [0.2, 0.25) is 0 Å². The third-order valence-corrected chi connectivity index (χ3v) is 1.90. The van der Waals surface area contributed by atoms with Gasteiger partial charge in [0, 0.05) is 19.3 Å². The third-order valence-electron chi connectivity index (χ3n) is 1.90. The van der Waals surface area contributed by atoms with E-state index >= 15 is 0 Å². The van der Waals surface area contributed by atoms with Gasteiger partial charge in [0.25, 0.3) is 0 Å². The van der Waals surface area contributed by atoms with Crippen molar-refractivity contribution >= 4 is 5.84 Å². The first-order valence-electron chi connectivity index (χ1n) is 3.82. The van der Waals surface area contributed by atoms with E-state index in [1.807, 2.05) is 6.92 Å². The Morgan fingerprint density at radius 3 is 3.00 bits per heavy atom. The van der Waals surface area contributed by atoms with Crippen molar-refractivity contribution in [1.29, 1.82) is 0 Å². The Morgan fingerprint density at radius 2 is 2.55 bits per heavy atom. The molecule has 0 spiro atoms. The lowest BCUT2D eigenvalue weighted by Crippen LogP contribution is -2.26. The van der Waals surface area contributed by atoms with E-state index in [4.69, 9.17) is 0 Å². The molecule has 0 amide bonds. The Bertz CT molecular complexity index is 177. The molecule has 1 saturated heterocycles. The van der Waals surface area contributed by atoms with Crippen molar-refractivity contribution in [2.75, 3.05) is 13.1 Å². The van der Waals surface area contributed by atoms with E-state index in [1.165, 1.54) is 6.20 Å². The minimum Gasteiger partial charge on any atom is -0.391 e. The maximum absolute atomic E-state index is 9.19. The first kappa shape index (κ1) is 8.27. The van der Waals surface area contributed by atoms with Crippen LogP contribution in [0, 0.1) is 0 Å². The predicted molar refractivity (Wildman–Crippen MR) is 45.5 cm³/mol. The number of hydrogen-bond acceptors (Lipinski definition) is 2. The number of hydrogen-bond donors (Lipinski definition) is 1. The fourth-order valence-corrected chi connectivity index (χ4v) is 1.25. The highest BCUT2D eigenvalue weighted by Crippen LogP contribution is 2.08. The van der Waals surface area contributed by atoms with Gasteiger partial charge in [0.05, 0.1) is 6.10 Å². The van der Waals surface area contributed by atoms with Crippen LogP contribution >= 0.6 is 0 Å². The minimum absolute atomic E-state index is 0.176. The molecule has 11 heavy (non-hydrogen) atoms. The molecule has 0 aromatic rings.